The summed E-state index contributed by atoms with van der Waals surface area (Å²) < 4.78 is 45.4. The molecule has 2 rings (SSSR count). The van der Waals surface area contributed by atoms with E-state index in [4.69, 9.17) is 9.84 Å². The number of carboxylic acids is 1. The molecule has 0 aromatic carbocycles. The zero-order valence-electron chi connectivity index (χ0n) is 15.0. The van der Waals surface area contributed by atoms with Crippen molar-refractivity contribution >= 4 is 29.9 Å². The lowest BCUT2D eigenvalue weighted by molar-refractivity contribution is -0.166. The van der Waals surface area contributed by atoms with Crippen LogP contribution >= 0.6 is 0 Å². The van der Waals surface area contributed by atoms with Crippen LogP contribution in [0.25, 0.3) is 0 Å². The number of nitrogens with zero attached hydrogens (tertiary/aromatic N) is 3. The molecular formula is C16H19F3N4O4. The summed E-state index contributed by atoms with van der Waals surface area (Å²) in [6, 6.07) is 0.421. The average molecular weight is 388 g/mol. The fraction of sp³-hybridized carbons (Fsp3) is 0.500. The highest BCUT2D eigenvalue weighted by Crippen LogP contribution is 2.37. The summed E-state index contributed by atoms with van der Waals surface area (Å²) in [7, 11) is 0. The van der Waals surface area contributed by atoms with Crippen molar-refractivity contribution in [3.63, 3.8) is 0 Å². The average Bonchev–Trinajstić information content (AvgIpc) is 2.92. The first kappa shape index (κ1) is 20.5. The van der Waals surface area contributed by atoms with Crippen LogP contribution in [-0.2, 0) is 9.53 Å². The highest BCUT2D eigenvalue weighted by atomic mass is 19.4. The number of halogens is 3. The third-order valence-corrected chi connectivity index (χ3v) is 3.49. The number of pyridine rings is 1. The minimum atomic E-state index is -4.86. The van der Waals surface area contributed by atoms with Gasteiger partial charge >= 0.3 is 18.2 Å². The first-order chi connectivity index (χ1) is 12.3. The summed E-state index contributed by atoms with van der Waals surface area (Å²) in [6.07, 6.45) is -4.97. The molecular weight excluding hydrogens is 369 g/mol. The van der Waals surface area contributed by atoms with E-state index >= 15 is 0 Å². The Morgan fingerprint density at radius 1 is 1.26 bits per heavy atom. The number of alkyl halides is 3. The Kier molecular flexibility index (Phi) is 5.34. The number of aryl methyl sites for hydroxylation is 1. The zero-order chi connectivity index (χ0) is 20.6. The van der Waals surface area contributed by atoms with Gasteiger partial charge in [0, 0.05) is 6.21 Å². The van der Waals surface area contributed by atoms with Gasteiger partial charge in [0.2, 0.25) is 0 Å². The summed E-state index contributed by atoms with van der Waals surface area (Å²) >= 11 is 0. The van der Waals surface area contributed by atoms with E-state index in [1.807, 2.05) is 0 Å². The molecule has 0 bridgehead atoms. The van der Waals surface area contributed by atoms with Crippen molar-refractivity contribution in [1.82, 2.24) is 4.98 Å². The monoisotopic (exact) mass is 388 g/mol. The number of ether oxygens (including phenoxy) is 1. The van der Waals surface area contributed by atoms with E-state index in [1.54, 1.807) is 20.8 Å². The normalized spacial score (nSPS) is 19.9. The highest BCUT2D eigenvalue weighted by molar-refractivity contribution is 5.93. The van der Waals surface area contributed by atoms with Gasteiger partial charge in [-0.15, -0.1) is 0 Å². The number of nitrogens with one attached hydrogen (secondary N) is 1. The van der Waals surface area contributed by atoms with Gasteiger partial charge in [-0.1, -0.05) is 6.07 Å². The van der Waals surface area contributed by atoms with Crippen molar-refractivity contribution in [2.24, 2.45) is 11.0 Å². The molecule has 0 fully saturated rings. The maximum absolute atomic E-state index is 13.4. The molecule has 0 spiro atoms. The number of aliphatic carboxylic acids is 1. The van der Waals surface area contributed by atoms with E-state index in [0.29, 0.717) is 10.6 Å². The molecule has 1 aromatic rings. The topological polar surface area (TPSA) is 104 Å². The SMILES string of the molecule is Cc1ccc(NC(=O)OC(C)(C)C)nc1N1N=CC(C(=O)O)C1C(F)(F)F. The summed E-state index contributed by atoms with van der Waals surface area (Å²) in [5.41, 5.74) is -0.449. The Labute approximate surface area is 153 Å². The minimum absolute atomic E-state index is 0.0558. The van der Waals surface area contributed by atoms with Crippen LogP contribution in [0.1, 0.15) is 26.3 Å². The van der Waals surface area contributed by atoms with Crippen molar-refractivity contribution in [2.75, 3.05) is 10.3 Å². The number of rotatable bonds is 3. The van der Waals surface area contributed by atoms with Gasteiger partial charge in [-0.25, -0.2) is 14.8 Å². The first-order valence-corrected chi connectivity index (χ1v) is 7.90. The number of hydrogen-bond acceptors (Lipinski definition) is 6. The van der Waals surface area contributed by atoms with Crippen molar-refractivity contribution < 1.29 is 32.6 Å². The molecule has 11 heteroatoms. The van der Waals surface area contributed by atoms with Gasteiger partial charge < -0.3 is 9.84 Å². The molecule has 8 nitrogen and oxygen atoms in total. The van der Waals surface area contributed by atoms with E-state index in [0.717, 1.165) is 6.21 Å². The number of hydrazone groups is 1. The molecule has 0 saturated carbocycles. The van der Waals surface area contributed by atoms with Crippen molar-refractivity contribution in [2.45, 2.75) is 45.5 Å². The smallest absolute Gasteiger partial charge is 0.413 e. The largest absolute Gasteiger partial charge is 0.481 e. The van der Waals surface area contributed by atoms with Crippen molar-refractivity contribution in [3.8, 4) is 0 Å². The first-order valence-electron chi connectivity index (χ1n) is 7.90. The van der Waals surface area contributed by atoms with E-state index in [1.165, 1.54) is 19.1 Å². The third kappa shape index (κ3) is 4.86. The molecule has 2 N–H and O–H groups in total. The number of carboxylic acid groups (broad SMARTS) is 1. The second-order valence-electron chi connectivity index (χ2n) is 6.92. The minimum Gasteiger partial charge on any atom is -0.481 e. The molecule has 2 heterocycles. The molecule has 0 aliphatic carbocycles. The number of aromatic nitrogens is 1. The molecule has 0 radical (unpaired) electrons. The van der Waals surface area contributed by atoms with Gasteiger partial charge in [0.15, 0.2) is 11.9 Å². The molecule has 1 aliphatic heterocycles. The fourth-order valence-corrected chi connectivity index (χ4v) is 2.40. The quantitative estimate of drug-likeness (QED) is 0.824. The third-order valence-electron chi connectivity index (χ3n) is 3.49. The Hall–Kier alpha value is -2.85. The van der Waals surface area contributed by atoms with Crippen LogP contribution in [0.15, 0.2) is 17.2 Å². The van der Waals surface area contributed by atoms with E-state index in [2.05, 4.69) is 15.4 Å². The van der Waals surface area contributed by atoms with Crippen LogP contribution < -0.4 is 10.3 Å². The summed E-state index contributed by atoms with van der Waals surface area (Å²) in [5.74, 6) is -3.79. The van der Waals surface area contributed by atoms with E-state index < -0.39 is 35.8 Å². The molecule has 1 aliphatic rings. The molecule has 148 valence electrons. The Morgan fingerprint density at radius 3 is 2.41 bits per heavy atom. The van der Waals surface area contributed by atoms with E-state index in [-0.39, 0.29) is 11.6 Å². The van der Waals surface area contributed by atoms with Gasteiger partial charge in [0.25, 0.3) is 0 Å². The number of amides is 1. The molecule has 2 atom stereocenters. The summed E-state index contributed by atoms with van der Waals surface area (Å²) in [6.45, 7) is 6.45. The molecule has 1 amide bonds. The summed E-state index contributed by atoms with van der Waals surface area (Å²) in [5, 5.41) is 15.5. The number of carbonyl (C=O) groups excluding carboxylic acids is 1. The van der Waals surface area contributed by atoms with Crippen molar-refractivity contribution in [3.05, 3.63) is 17.7 Å². The molecule has 0 saturated heterocycles. The Balaban J connectivity index is 2.34. The van der Waals surface area contributed by atoms with Gasteiger partial charge in [0.05, 0.1) is 0 Å². The van der Waals surface area contributed by atoms with Crippen LogP contribution in [0.5, 0.6) is 0 Å². The highest BCUT2D eigenvalue weighted by Gasteiger charge is 2.54. The Morgan fingerprint density at radius 2 is 1.89 bits per heavy atom. The standard InChI is InChI=1S/C16H19F3N4O4/c1-8-5-6-10(22-14(26)27-15(2,3)4)21-12(8)23-11(16(17,18)19)9(7-20-23)13(24)25/h5-7,9,11H,1-4H3,(H,24,25)(H,21,22,26). The lowest BCUT2D eigenvalue weighted by Crippen LogP contribution is -2.47. The van der Waals surface area contributed by atoms with Crippen molar-refractivity contribution in [1.29, 1.82) is 0 Å². The van der Waals surface area contributed by atoms with Gasteiger partial charge in [0.1, 0.15) is 17.3 Å². The van der Waals surface area contributed by atoms with Crippen LogP contribution in [0.2, 0.25) is 0 Å². The van der Waals surface area contributed by atoms with Crippen LogP contribution in [0, 0.1) is 12.8 Å². The number of anilines is 2. The second-order valence-corrected chi connectivity index (χ2v) is 6.92. The van der Waals surface area contributed by atoms with Gasteiger partial charge in [-0.05, 0) is 39.3 Å². The maximum atomic E-state index is 13.4. The summed E-state index contributed by atoms with van der Waals surface area (Å²) in [4.78, 5) is 27.0. The maximum Gasteiger partial charge on any atom is 0.413 e. The van der Waals surface area contributed by atoms with Crippen LogP contribution in [0.3, 0.4) is 0 Å². The fourth-order valence-electron chi connectivity index (χ4n) is 2.40. The number of carbonyl (C=O) groups is 2. The lowest BCUT2D eigenvalue weighted by Gasteiger charge is -2.28. The molecule has 27 heavy (non-hydrogen) atoms. The lowest BCUT2D eigenvalue weighted by atomic mass is 10.0. The second kappa shape index (κ2) is 7.05. The predicted molar refractivity (Wildman–Crippen MR) is 90.8 cm³/mol. The van der Waals surface area contributed by atoms with Gasteiger partial charge in [-0.2, -0.15) is 18.3 Å². The van der Waals surface area contributed by atoms with Crippen LogP contribution in [-0.4, -0.2) is 46.2 Å². The Bertz CT molecular complexity index is 774. The van der Waals surface area contributed by atoms with Gasteiger partial charge in [-0.3, -0.25) is 10.1 Å². The molecule has 1 aromatic heterocycles. The van der Waals surface area contributed by atoms with E-state index in [9.17, 15) is 22.8 Å². The predicted octanol–water partition coefficient (Wildman–Crippen LogP) is 3.17. The van der Waals surface area contributed by atoms with Crippen LogP contribution in [0.4, 0.5) is 29.6 Å². The zero-order valence-corrected chi connectivity index (χ0v) is 15.0. The number of hydrogen-bond donors (Lipinski definition) is 2. The molecule has 2 unspecified atom stereocenters.